The van der Waals surface area contributed by atoms with Crippen molar-refractivity contribution in [2.24, 2.45) is 9.98 Å². The minimum absolute atomic E-state index is 0.729. The summed E-state index contributed by atoms with van der Waals surface area (Å²) in [6, 6.07) is 0. The molecule has 1 N–H and O–H groups in total. The second-order valence-corrected chi connectivity index (χ2v) is 1.83. The number of nitrogens with one attached hydrogen (secondary N) is 1. The SMILES string of the molecule is C=NC=Nc1[nH]ncc1C. The van der Waals surface area contributed by atoms with Crippen LogP contribution in [0.4, 0.5) is 5.82 Å². The van der Waals surface area contributed by atoms with Gasteiger partial charge >= 0.3 is 0 Å². The van der Waals surface area contributed by atoms with Crippen LogP contribution >= 0.6 is 0 Å². The molecule has 1 aromatic heterocycles. The van der Waals surface area contributed by atoms with Gasteiger partial charge in [-0.3, -0.25) is 10.1 Å². The Labute approximate surface area is 58.7 Å². The normalized spacial score (nSPS) is 10.5. The van der Waals surface area contributed by atoms with Crippen molar-refractivity contribution in [1.29, 1.82) is 0 Å². The van der Waals surface area contributed by atoms with Crippen molar-refractivity contribution in [3.8, 4) is 0 Å². The Kier molecular flexibility index (Phi) is 1.94. The third-order valence-corrected chi connectivity index (χ3v) is 1.07. The number of hydrogen-bond acceptors (Lipinski definition) is 2. The van der Waals surface area contributed by atoms with Gasteiger partial charge in [-0.2, -0.15) is 5.10 Å². The van der Waals surface area contributed by atoms with Gasteiger partial charge in [0.15, 0.2) is 5.82 Å². The quantitative estimate of drug-likeness (QED) is 0.480. The van der Waals surface area contributed by atoms with Crippen LogP contribution in [0.3, 0.4) is 0 Å². The van der Waals surface area contributed by atoms with Gasteiger partial charge in [-0.1, -0.05) is 0 Å². The Hall–Kier alpha value is -1.45. The molecule has 0 bridgehead atoms. The van der Waals surface area contributed by atoms with Gasteiger partial charge in [0.2, 0.25) is 0 Å². The average Bonchev–Trinajstić information content (AvgIpc) is 2.31. The van der Waals surface area contributed by atoms with Crippen LogP contribution in [0.5, 0.6) is 0 Å². The molecule has 0 aliphatic heterocycles. The van der Waals surface area contributed by atoms with Crippen molar-refractivity contribution in [2.75, 3.05) is 0 Å². The third-order valence-electron chi connectivity index (χ3n) is 1.07. The smallest absolute Gasteiger partial charge is 0.152 e. The van der Waals surface area contributed by atoms with Gasteiger partial charge in [-0.15, -0.1) is 0 Å². The Morgan fingerprint density at radius 3 is 3.10 bits per heavy atom. The fraction of sp³-hybridized carbons (Fsp3) is 0.167. The first-order chi connectivity index (χ1) is 4.84. The molecule has 0 amide bonds. The first-order valence-electron chi connectivity index (χ1n) is 2.83. The second-order valence-electron chi connectivity index (χ2n) is 1.83. The van der Waals surface area contributed by atoms with Crippen LogP contribution in [0.25, 0.3) is 0 Å². The summed E-state index contributed by atoms with van der Waals surface area (Å²) in [7, 11) is 0. The van der Waals surface area contributed by atoms with E-state index in [1.54, 1.807) is 6.20 Å². The Morgan fingerprint density at radius 1 is 1.80 bits per heavy atom. The van der Waals surface area contributed by atoms with Crippen molar-refractivity contribution in [3.05, 3.63) is 11.8 Å². The lowest BCUT2D eigenvalue weighted by Gasteiger charge is -1.83. The summed E-state index contributed by atoms with van der Waals surface area (Å²) < 4.78 is 0. The zero-order chi connectivity index (χ0) is 7.40. The van der Waals surface area contributed by atoms with E-state index in [-0.39, 0.29) is 0 Å². The summed E-state index contributed by atoms with van der Waals surface area (Å²) in [4.78, 5) is 7.37. The van der Waals surface area contributed by atoms with Crippen LogP contribution in [0.1, 0.15) is 5.56 Å². The van der Waals surface area contributed by atoms with E-state index < -0.39 is 0 Å². The third kappa shape index (κ3) is 1.28. The van der Waals surface area contributed by atoms with Crippen molar-refractivity contribution >= 4 is 18.9 Å². The number of hydrogen-bond donors (Lipinski definition) is 1. The van der Waals surface area contributed by atoms with Crippen LogP contribution in [0.15, 0.2) is 16.2 Å². The summed E-state index contributed by atoms with van der Waals surface area (Å²) in [5.74, 6) is 0.729. The molecule has 1 aromatic rings. The van der Waals surface area contributed by atoms with Gasteiger partial charge in [-0.25, -0.2) is 4.99 Å². The first-order valence-corrected chi connectivity index (χ1v) is 2.83. The molecule has 0 aliphatic rings. The Bertz CT molecular complexity index is 248. The number of nitrogens with zero attached hydrogens (tertiary/aromatic N) is 3. The molecule has 1 heterocycles. The zero-order valence-electron chi connectivity index (χ0n) is 5.70. The molecule has 0 atom stereocenters. The summed E-state index contributed by atoms with van der Waals surface area (Å²) >= 11 is 0. The largest absolute Gasteiger partial charge is 0.261 e. The Balaban J connectivity index is 2.83. The van der Waals surface area contributed by atoms with E-state index in [2.05, 4.69) is 26.9 Å². The van der Waals surface area contributed by atoms with Crippen LogP contribution in [0, 0.1) is 6.92 Å². The molecule has 0 fully saturated rings. The predicted octanol–water partition coefficient (Wildman–Crippen LogP) is 1.08. The standard InChI is InChI=1S/C6H8N4/c1-5-3-9-10-6(5)8-4-7-2/h3-4H,2H2,1H3,(H,9,10). The van der Waals surface area contributed by atoms with E-state index in [0.717, 1.165) is 11.4 Å². The maximum Gasteiger partial charge on any atom is 0.152 e. The van der Waals surface area contributed by atoms with E-state index in [1.807, 2.05) is 6.92 Å². The molecule has 0 saturated heterocycles. The molecule has 10 heavy (non-hydrogen) atoms. The molecular formula is C6H8N4. The number of aromatic nitrogens is 2. The lowest BCUT2D eigenvalue weighted by Crippen LogP contribution is -1.68. The fourth-order valence-electron chi connectivity index (χ4n) is 0.569. The topological polar surface area (TPSA) is 53.4 Å². The summed E-state index contributed by atoms with van der Waals surface area (Å²) in [6.45, 7) is 5.17. The molecule has 1 rings (SSSR count). The maximum absolute atomic E-state index is 3.91. The van der Waals surface area contributed by atoms with Crippen molar-refractivity contribution in [1.82, 2.24) is 10.2 Å². The van der Waals surface area contributed by atoms with Gasteiger partial charge in [0.1, 0.15) is 6.34 Å². The number of aromatic amines is 1. The van der Waals surface area contributed by atoms with E-state index in [4.69, 9.17) is 0 Å². The highest BCUT2D eigenvalue weighted by atomic mass is 15.2. The van der Waals surface area contributed by atoms with Crippen LogP contribution in [-0.4, -0.2) is 23.3 Å². The fourth-order valence-corrected chi connectivity index (χ4v) is 0.569. The molecule has 0 radical (unpaired) electrons. The number of aliphatic imine (C=N–C) groups is 2. The number of H-pyrrole nitrogens is 1. The van der Waals surface area contributed by atoms with Gasteiger partial charge < -0.3 is 0 Å². The molecule has 0 spiro atoms. The highest BCUT2D eigenvalue weighted by molar-refractivity contribution is 5.65. The highest BCUT2D eigenvalue weighted by Crippen LogP contribution is 2.10. The van der Waals surface area contributed by atoms with Crippen LogP contribution in [-0.2, 0) is 0 Å². The zero-order valence-corrected chi connectivity index (χ0v) is 5.70. The van der Waals surface area contributed by atoms with E-state index in [9.17, 15) is 0 Å². The summed E-state index contributed by atoms with van der Waals surface area (Å²) in [5, 5.41) is 6.48. The van der Waals surface area contributed by atoms with Gasteiger partial charge in [-0.05, 0) is 13.6 Å². The first kappa shape index (κ1) is 6.67. The Morgan fingerprint density at radius 2 is 2.60 bits per heavy atom. The molecule has 0 aliphatic carbocycles. The molecular weight excluding hydrogens is 128 g/mol. The lowest BCUT2D eigenvalue weighted by molar-refractivity contribution is 1.08. The van der Waals surface area contributed by atoms with Gasteiger partial charge in [0, 0.05) is 5.56 Å². The minimum Gasteiger partial charge on any atom is -0.261 e. The van der Waals surface area contributed by atoms with E-state index in [0.29, 0.717) is 0 Å². The molecule has 4 nitrogen and oxygen atoms in total. The molecule has 52 valence electrons. The van der Waals surface area contributed by atoms with Gasteiger partial charge in [0.25, 0.3) is 0 Å². The lowest BCUT2D eigenvalue weighted by atomic mass is 10.4. The summed E-state index contributed by atoms with van der Waals surface area (Å²) in [6.07, 6.45) is 3.08. The average molecular weight is 136 g/mol. The van der Waals surface area contributed by atoms with Crippen molar-refractivity contribution < 1.29 is 0 Å². The monoisotopic (exact) mass is 136 g/mol. The molecule has 0 unspecified atom stereocenters. The van der Waals surface area contributed by atoms with E-state index >= 15 is 0 Å². The van der Waals surface area contributed by atoms with Crippen molar-refractivity contribution in [3.63, 3.8) is 0 Å². The van der Waals surface area contributed by atoms with Gasteiger partial charge in [0.05, 0.1) is 6.20 Å². The predicted molar refractivity (Wildman–Crippen MR) is 41.0 cm³/mol. The van der Waals surface area contributed by atoms with Crippen LogP contribution in [0.2, 0.25) is 0 Å². The van der Waals surface area contributed by atoms with Crippen molar-refractivity contribution in [2.45, 2.75) is 6.92 Å². The molecule has 0 saturated carbocycles. The minimum atomic E-state index is 0.729. The van der Waals surface area contributed by atoms with E-state index in [1.165, 1.54) is 6.34 Å². The highest BCUT2D eigenvalue weighted by Gasteiger charge is 1.93. The maximum atomic E-state index is 3.91. The molecule has 4 heteroatoms. The van der Waals surface area contributed by atoms with Crippen LogP contribution < -0.4 is 0 Å². The number of rotatable bonds is 2. The summed E-state index contributed by atoms with van der Waals surface area (Å²) in [5.41, 5.74) is 1.000. The molecule has 0 aromatic carbocycles. The number of aryl methyl sites for hydroxylation is 1. The second kappa shape index (κ2) is 2.91.